The highest BCUT2D eigenvalue weighted by molar-refractivity contribution is 5.53. The number of anilines is 1. The van der Waals surface area contributed by atoms with E-state index in [1.807, 2.05) is 25.1 Å². The molecular formula is C20H25N3. The van der Waals surface area contributed by atoms with Crippen molar-refractivity contribution in [3.63, 3.8) is 0 Å². The van der Waals surface area contributed by atoms with Gasteiger partial charge < -0.3 is 11.5 Å². The van der Waals surface area contributed by atoms with Crippen LogP contribution in [0.2, 0.25) is 0 Å². The Morgan fingerprint density at radius 2 is 2.13 bits per heavy atom. The van der Waals surface area contributed by atoms with Crippen LogP contribution in [0.4, 0.5) is 5.69 Å². The van der Waals surface area contributed by atoms with E-state index in [4.69, 9.17) is 11.5 Å². The van der Waals surface area contributed by atoms with Gasteiger partial charge in [0.05, 0.1) is 17.5 Å². The lowest BCUT2D eigenvalue weighted by atomic mass is 9.76. The molecule has 3 heteroatoms. The van der Waals surface area contributed by atoms with Crippen LogP contribution in [0.15, 0.2) is 42.0 Å². The average molecular weight is 307 g/mol. The molecule has 1 saturated carbocycles. The van der Waals surface area contributed by atoms with Crippen LogP contribution >= 0.6 is 0 Å². The van der Waals surface area contributed by atoms with E-state index in [2.05, 4.69) is 24.3 Å². The van der Waals surface area contributed by atoms with E-state index in [0.717, 1.165) is 47.6 Å². The van der Waals surface area contributed by atoms with E-state index in [1.165, 1.54) is 12.8 Å². The molecule has 2 aliphatic carbocycles. The summed E-state index contributed by atoms with van der Waals surface area (Å²) in [5.41, 5.74) is 16.4. The van der Waals surface area contributed by atoms with Gasteiger partial charge in [0.1, 0.15) is 0 Å². The number of nitrogen functional groups attached to an aromatic ring is 1. The minimum Gasteiger partial charge on any atom is -0.399 e. The third-order valence-electron chi connectivity index (χ3n) is 5.19. The Morgan fingerprint density at radius 3 is 2.78 bits per heavy atom. The molecule has 0 spiro atoms. The maximum atomic E-state index is 9.26. The molecule has 0 bridgehead atoms. The molecule has 0 saturated heterocycles. The SMILES string of the molecule is Cc1ccc(C(N)(CCC2CC2)C2=CC(C#N)CC=C2)cc1N. The number of aryl methyl sites for hydroxylation is 1. The highest BCUT2D eigenvalue weighted by Crippen LogP contribution is 2.41. The summed E-state index contributed by atoms with van der Waals surface area (Å²) in [6, 6.07) is 8.48. The van der Waals surface area contributed by atoms with E-state index in [9.17, 15) is 5.26 Å². The largest absolute Gasteiger partial charge is 0.399 e. The molecule has 4 N–H and O–H groups in total. The van der Waals surface area contributed by atoms with Crippen LogP contribution in [0.1, 0.15) is 43.2 Å². The normalized spacial score (nSPS) is 23.0. The van der Waals surface area contributed by atoms with Gasteiger partial charge in [0.25, 0.3) is 0 Å². The van der Waals surface area contributed by atoms with Gasteiger partial charge in [-0.15, -0.1) is 0 Å². The van der Waals surface area contributed by atoms with Crippen molar-refractivity contribution in [1.29, 1.82) is 5.26 Å². The third-order valence-corrected chi connectivity index (χ3v) is 5.19. The molecule has 2 aliphatic rings. The monoisotopic (exact) mass is 307 g/mol. The van der Waals surface area contributed by atoms with Gasteiger partial charge in [0, 0.05) is 5.69 Å². The van der Waals surface area contributed by atoms with Gasteiger partial charge >= 0.3 is 0 Å². The Kier molecular flexibility index (Phi) is 4.28. The Bertz CT molecular complexity index is 691. The standard InChI is InChI=1S/C20H25N3/c1-14-5-8-18(12-19(14)22)20(23,10-9-15-6-7-15)17-4-2-3-16(11-17)13-21/h2,4-5,8,11-12,15-16H,3,6-7,9-10,22-23H2,1H3. The number of nitrogens with zero attached hydrogens (tertiary/aromatic N) is 1. The molecule has 0 aromatic heterocycles. The van der Waals surface area contributed by atoms with Crippen molar-refractivity contribution in [2.24, 2.45) is 17.6 Å². The van der Waals surface area contributed by atoms with E-state index < -0.39 is 5.54 Å². The summed E-state index contributed by atoms with van der Waals surface area (Å²) in [6.45, 7) is 2.01. The predicted molar refractivity (Wildman–Crippen MR) is 94.4 cm³/mol. The molecule has 23 heavy (non-hydrogen) atoms. The van der Waals surface area contributed by atoms with E-state index in [1.54, 1.807) is 0 Å². The van der Waals surface area contributed by atoms with Gasteiger partial charge in [0.2, 0.25) is 0 Å². The number of rotatable bonds is 5. The van der Waals surface area contributed by atoms with Gasteiger partial charge in [-0.05, 0) is 54.9 Å². The summed E-state index contributed by atoms with van der Waals surface area (Å²) in [5, 5.41) is 9.26. The maximum Gasteiger partial charge on any atom is 0.0701 e. The van der Waals surface area contributed by atoms with Crippen LogP contribution in [-0.4, -0.2) is 0 Å². The molecule has 1 fully saturated rings. The first-order valence-electron chi connectivity index (χ1n) is 8.47. The summed E-state index contributed by atoms with van der Waals surface area (Å²) in [5.74, 6) is 0.738. The lowest BCUT2D eigenvalue weighted by Crippen LogP contribution is -2.39. The quantitative estimate of drug-likeness (QED) is 0.809. The molecule has 0 radical (unpaired) electrons. The minimum absolute atomic E-state index is 0.0818. The van der Waals surface area contributed by atoms with Crippen LogP contribution in [0.25, 0.3) is 0 Å². The highest BCUT2D eigenvalue weighted by atomic mass is 14.8. The minimum atomic E-state index is -0.559. The molecule has 3 nitrogen and oxygen atoms in total. The third kappa shape index (κ3) is 3.33. The second-order valence-corrected chi connectivity index (χ2v) is 7.02. The fourth-order valence-corrected chi connectivity index (χ4v) is 3.28. The molecule has 2 unspecified atom stereocenters. The first-order valence-corrected chi connectivity index (χ1v) is 8.47. The molecule has 2 atom stereocenters. The number of hydrogen-bond acceptors (Lipinski definition) is 3. The summed E-state index contributed by atoms with van der Waals surface area (Å²) >= 11 is 0. The predicted octanol–water partition coefficient (Wildman–Crippen LogP) is 3.95. The van der Waals surface area contributed by atoms with Crippen LogP contribution in [0.5, 0.6) is 0 Å². The molecular weight excluding hydrogens is 282 g/mol. The number of nitriles is 1. The van der Waals surface area contributed by atoms with Crippen molar-refractivity contribution < 1.29 is 0 Å². The van der Waals surface area contributed by atoms with E-state index >= 15 is 0 Å². The smallest absolute Gasteiger partial charge is 0.0701 e. The van der Waals surface area contributed by atoms with Crippen molar-refractivity contribution >= 4 is 5.69 Å². The van der Waals surface area contributed by atoms with Crippen LogP contribution < -0.4 is 11.5 Å². The summed E-state index contributed by atoms with van der Waals surface area (Å²) < 4.78 is 0. The Labute approximate surface area is 138 Å². The van der Waals surface area contributed by atoms with Crippen LogP contribution in [0.3, 0.4) is 0 Å². The number of nitrogens with two attached hydrogens (primary N) is 2. The highest BCUT2D eigenvalue weighted by Gasteiger charge is 2.34. The molecule has 3 rings (SSSR count). The van der Waals surface area contributed by atoms with E-state index in [0.29, 0.717) is 0 Å². The van der Waals surface area contributed by atoms with Gasteiger partial charge in [0.15, 0.2) is 0 Å². The van der Waals surface area contributed by atoms with Crippen molar-refractivity contribution in [3.8, 4) is 6.07 Å². The zero-order valence-electron chi connectivity index (χ0n) is 13.8. The maximum absolute atomic E-state index is 9.26. The van der Waals surface area contributed by atoms with Crippen molar-refractivity contribution in [2.45, 2.75) is 44.6 Å². The summed E-state index contributed by atoms with van der Waals surface area (Å²) in [4.78, 5) is 0. The van der Waals surface area contributed by atoms with Gasteiger partial charge in [-0.25, -0.2) is 0 Å². The zero-order chi connectivity index (χ0) is 16.4. The first kappa shape index (κ1) is 15.8. The molecule has 0 heterocycles. The molecule has 0 aliphatic heterocycles. The van der Waals surface area contributed by atoms with Gasteiger partial charge in [-0.1, -0.05) is 43.2 Å². The second kappa shape index (κ2) is 6.22. The lowest BCUT2D eigenvalue weighted by molar-refractivity contribution is 0.450. The fraction of sp³-hybridized carbons (Fsp3) is 0.450. The van der Waals surface area contributed by atoms with Crippen LogP contribution in [-0.2, 0) is 5.54 Å². The fourth-order valence-electron chi connectivity index (χ4n) is 3.28. The number of allylic oxidation sites excluding steroid dienone is 2. The summed E-state index contributed by atoms with van der Waals surface area (Å²) in [7, 11) is 0. The second-order valence-electron chi connectivity index (χ2n) is 7.02. The Morgan fingerprint density at radius 1 is 1.35 bits per heavy atom. The molecule has 1 aromatic rings. The van der Waals surface area contributed by atoms with Crippen molar-refractivity contribution in [2.75, 3.05) is 5.73 Å². The molecule has 1 aromatic carbocycles. The molecule has 0 amide bonds. The average Bonchev–Trinajstić information content (AvgIpc) is 3.39. The van der Waals surface area contributed by atoms with Crippen molar-refractivity contribution in [3.05, 3.63) is 53.1 Å². The first-order chi connectivity index (χ1) is 11.0. The van der Waals surface area contributed by atoms with Crippen LogP contribution in [0, 0.1) is 30.1 Å². The lowest BCUT2D eigenvalue weighted by Gasteiger charge is -2.34. The van der Waals surface area contributed by atoms with E-state index in [-0.39, 0.29) is 5.92 Å². The van der Waals surface area contributed by atoms with Gasteiger partial charge in [-0.2, -0.15) is 5.26 Å². The molecule has 120 valence electrons. The van der Waals surface area contributed by atoms with Crippen molar-refractivity contribution in [1.82, 2.24) is 0 Å². The Hall–Kier alpha value is -2.05. The number of hydrogen-bond donors (Lipinski definition) is 2. The van der Waals surface area contributed by atoms with Gasteiger partial charge in [-0.3, -0.25) is 0 Å². The zero-order valence-corrected chi connectivity index (χ0v) is 13.8. The Balaban J connectivity index is 1.98. The summed E-state index contributed by atoms with van der Waals surface area (Å²) in [6.07, 6.45) is 11.7. The number of benzene rings is 1. The topological polar surface area (TPSA) is 75.8 Å².